The van der Waals surface area contributed by atoms with Gasteiger partial charge in [0.1, 0.15) is 11.2 Å². The molecule has 8 aromatic carbocycles. The molecule has 190 valence electrons. The molecule has 0 aliphatic carbocycles. The van der Waals surface area contributed by atoms with E-state index in [1.807, 2.05) is 0 Å². The highest BCUT2D eigenvalue weighted by Crippen LogP contribution is 2.45. The molecule has 9 rings (SSSR count). The molecule has 9 aromatic rings. The van der Waals surface area contributed by atoms with Crippen molar-refractivity contribution in [2.24, 2.45) is 0 Å². The summed E-state index contributed by atoms with van der Waals surface area (Å²) in [6.45, 7) is 0. The van der Waals surface area contributed by atoms with Crippen molar-refractivity contribution in [3.8, 4) is 22.3 Å². The molecule has 41 heavy (non-hydrogen) atoms. The summed E-state index contributed by atoms with van der Waals surface area (Å²) < 4.78 is 6.48. The van der Waals surface area contributed by atoms with Crippen LogP contribution in [0.2, 0.25) is 0 Å². The van der Waals surface area contributed by atoms with Gasteiger partial charge in [0.05, 0.1) is 0 Å². The van der Waals surface area contributed by atoms with Crippen molar-refractivity contribution in [1.82, 2.24) is 0 Å². The van der Waals surface area contributed by atoms with Crippen molar-refractivity contribution >= 4 is 65.0 Å². The van der Waals surface area contributed by atoms with Crippen LogP contribution in [0.15, 0.2) is 150 Å². The van der Waals surface area contributed by atoms with Gasteiger partial charge >= 0.3 is 0 Å². The largest absolute Gasteiger partial charge is 0.456 e. The quantitative estimate of drug-likeness (QED) is 0.163. The Morgan fingerprint density at radius 3 is 1.88 bits per heavy atom. The minimum Gasteiger partial charge on any atom is -0.456 e. The standard InChI is InChI=1S/C40H24O/c1-2-10-25(11-3-1)29-16-8-17-31-32(29)20-21-33-35(31)23-28-14-6-7-15-30(28)39(33)34-18-9-19-37-40(34)36-22-26-12-4-5-13-27(26)24-38(36)41-37/h1-24H. The summed E-state index contributed by atoms with van der Waals surface area (Å²) in [4.78, 5) is 0. The Balaban J connectivity index is 1.43. The van der Waals surface area contributed by atoms with Gasteiger partial charge in [-0.25, -0.2) is 0 Å². The maximum absolute atomic E-state index is 6.48. The molecule has 1 heteroatoms. The van der Waals surface area contributed by atoms with Crippen LogP contribution in [0.4, 0.5) is 0 Å². The van der Waals surface area contributed by atoms with Gasteiger partial charge in [0.2, 0.25) is 0 Å². The van der Waals surface area contributed by atoms with Gasteiger partial charge < -0.3 is 4.42 Å². The average Bonchev–Trinajstić information content (AvgIpc) is 3.40. The van der Waals surface area contributed by atoms with E-state index in [0.717, 1.165) is 16.6 Å². The monoisotopic (exact) mass is 520 g/mol. The van der Waals surface area contributed by atoms with Crippen molar-refractivity contribution in [2.75, 3.05) is 0 Å². The second kappa shape index (κ2) is 8.55. The third kappa shape index (κ3) is 3.30. The summed E-state index contributed by atoms with van der Waals surface area (Å²) in [5, 5.41) is 12.3. The summed E-state index contributed by atoms with van der Waals surface area (Å²) in [6, 6.07) is 52.6. The molecule has 1 nitrogen and oxygen atoms in total. The van der Waals surface area contributed by atoms with Gasteiger partial charge in [-0.1, -0.05) is 121 Å². The third-order valence-electron chi connectivity index (χ3n) is 8.62. The first kappa shape index (κ1) is 22.4. The maximum atomic E-state index is 6.48. The predicted octanol–water partition coefficient (Wildman–Crippen LogP) is 11.5. The minimum absolute atomic E-state index is 0.918. The Morgan fingerprint density at radius 1 is 0.341 bits per heavy atom. The Bertz CT molecular complexity index is 2460. The minimum atomic E-state index is 0.918. The van der Waals surface area contributed by atoms with Gasteiger partial charge in [-0.15, -0.1) is 0 Å². The molecule has 0 radical (unpaired) electrons. The fraction of sp³-hybridized carbons (Fsp3) is 0. The number of benzene rings is 8. The Hall–Kier alpha value is -5.40. The normalized spacial score (nSPS) is 11.9. The van der Waals surface area contributed by atoms with E-state index in [4.69, 9.17) is 4.42 Å². The topological polar surface area (TPSA) is 13.1 Å². The van der Waals surface area contributed by atoms with Crippen LogP contribution in [-0.2, 0) is 0 Å². The van der Waals surface area contributed by atoms with Crippen LogP contribution in [0.1, 0.15) is 0 Å². The number of hydrogen-bond acceptors (Lipinski definition) is 1. The molecule has 1 heterocycles. The van der Waals surface area contributed by atoms with E-state index < -0.39 is 0 Å². The molecule has 0 bridgehead atoms. The van der Waals surface area contributed by atoms with Crippen LogP contribution in [0.5, 0.6) is 0 Å². The lowest BCUT2D eigenvalue weighted by atomic mass is 9.87. The number of furan rings is 1. The molecule has 0 fully saturated rings. The molecule has 0 saturated heterocycles. The molecular formula is C40H24O. The third-order valence-corrected chi connectivity index (χ3v) is 8.62. The average molecular weight is 521 g/mol. The van der Waals surface area contributed by atoms with Crippen molar-refractivity contribution < 1.29 is 4.42 Å². The zero-order chi connectivity index (χ0) is 26.9. The number of hydrogen-bond donors (Lipinski definition) is 0. The SMILES string of the molecule is c1ccc(-c2cccc3c2ccc2c(-c4cccc5oc6cc7ccccc7cc6c45)c4ccccc4cc23)cc1. The highest BCUT2D eigenvalue weighted by molar-refractivity contribution is 6.26. The van der Waals surface area contributed by atoms with E-state index in [9.17, 15) is 0 Å². The van der Waals surface area contributed by atoms with E-state index in [-0.39, 0.29) is 0 Å². The molecule has 0 amide bonds. The van der Waals surface area contributed by atoms with Gasteiger partial charge in [-0.05, 0) is 89.6 Å². The van der Waals surface area contributed by atoms with Crippen molar-refractivity contribution in [3.63, 3.8) is 0 Å². The van der Waals surface area contributed by atoms with Crippen molar-refractivity contribution in [2.45, 2.75) is 0 Å². The molecule has 0 saturated carbocycles. The molecule has 0 aliphatic heterocycles. The van der Waals surface area contributed by atoms with Gasteiger partial charge in [0.25, 0.3) is 0 Å². The lowest BCUT2D eigenvalue weighted by Crippen LogP contribution is -1.89. The Morgan fingerprint density at radius 2 is 1.00 bits per heavy atom. The molecule has 1 aromatic heterocycles. The summed E-state index contributed by atoms with van der Waals surface area (Å²) in [5.74, 6) is 0. The lowest BCUT2D eigenvalue weighted by molar-refractivity contribution is 0.669. The van der Waals surface area contributed by atoms with Crippen LogP contribution >= 0.6 is 0 Å². The zero-order valence-electron chi connectivity index (χ0n) is 22.3. The van der Waals surface area contributed by atoms with E-state index in [1.54, 1.807) is 0 Å². The van der Waals surface area contributed by atoms with Gasteiger partial charge in [-0.2, -0.15) is 0 Å². The first-order valence-electron chi connectivity index (χ1n) is 14.1. The molecule has 0 atom stereocenters. The van der Waals surface area contributed by atoms with Crippen LogP contribution in [-0.4, -0.2) is 0 Å². The number of fused-ring (bicyclic) bond motifs is 8. The maximum Gasteiger partial charge on any atom is 0.136 e. The van der Waals surface area contributed by atoms with E-state index in [2.05, 4.69) is 146 Å². The highest BCUT2D eigenvalue weighted by atomic mass is 16.3. The fourth-order valence-corrected chi connectivity index (χ4v) is 6.79. The second-order valence-corrected chi connectivity index (χ2v) is 10.9. The van der Waals surface area contributed by atoms with Crippen LogP contribution in [0, 0.1) is 0 Å². The van der Waals surface area contributed by atoms with Crippen molar-refractivity contribution in [1.29, 1.82) is 0 Å². The van der Waals surface area contributed by atoms with Crippen molar-refractivity contribution in [3.05, 3.63) is 146 Å². The van der Waals surface area contributed by atoms with Crippen LogP contribution < -0.4 is 0 Å². The van der Waals surface area contributed by atoms with Crippen LogP contribution in [0.3, 0.4) is 0 Å². The first-order valence-corrected chi connectivity index (χ1v) is 14.1. The predicted molar refractivity (Wildman–Crippen MR) is 175 cm³/mol. The summed E-state index contributed by atoms with van der Waals surface area (Å²) in [7, 11) is 0. The smallest absolute Gasteiger partial charge is 0.136 e. The van der Waals surface area contributed by atoms with E-state index in [1.165, 1.54) is 70.7 Å². The van der Waals surface area contributed by atoms with Gasteiger partial charge in [-0.3, -0.25) is 0 Å². The van der Waals surface area contributed by atoms with E-state index in [0.29, 0.717) is 0 Å². The summed E-state index contributed by atoms with van der Waals surface area (Å²) in [5.41, 5.74) is 6.80. The van der Waals surface area contributed by atoms with Crippen LogP contribution in [0.25, 0.3) is 87.3 Å². The summed E-state index contributed by atoms with van der Waals surface area (Å²) in [6.07, 6.45) is 0. The molecular weight excluding hydrogens is 496 g/mol. The fourth-order valence-electron chi connectivity index (χ4n) is 6.79. The Labute approximate surface area is 236 Å². The molecule has 0 N–H and O–H groups in total. The molecule has 0 unspecified atom stereocenters. The highest BCUT2D eigenvalue weighted by Gasteiger charge is 2.19. The molecule has 0 spiro atoms. The molecule has 0 aliphatic rings. The second-order valence-electron chi connectivity index (χ2n) is 10.9. The van der Waals surface area contributed by atoms with Gasteiger partial charge in [0.15, 0.2) is 0 Å². The number of rotatable bonds is 2. The lowest BCUT2D eigenvalue weighted by Gasteiger charge is -2.16. The van der Waals surface area contributed by atoms with E-state index >= 15 is 0 Å². The summed E-state index contributed by atoms with van der Waals surface area (Å²) >= 11 is 0. The Kier molecular flexibility index (Phi) is 4.67. The zero-order valence-corrected chi connectivity index (χ0v) is 22.3. The van der Waals surface area contributed by atoms with Gasteiger partial charge in [0, 0.05) is 10.8 Å². The first-order chi connectivity index (χ1) is 20.3.